The Kier molecular flexibility index (Phi) is 17.7. The summed E-state index contributed by atoms with van der Waals surface area (Å²) in [4.78, 5) is 0. The molecule has 4 atom stereocenters. The van der Waals surface area contributed by atoms with Crippen LogP contribution in [0.5, 0.6) is 5.75 Å². The Morgan fingerprint density at radius 3 is 2.51 bits per heavy atom. The van der Waals surface area contributed by atoms with E-state index in [1.54, 1.807) is 7.11 Å². The molecule has 1 aliphatic rings. The van der Waals surface area contributed by atoms with Gasteiger partial charge < -0.3 is 26.4 Å². The summed E-state index contributed by atoms with van der Waals surface area (Å²) < 4.78 is 5.52. The predicted molar refractivity (Wildman–Crippen MR) is 206 cm³/mol. The largest absolute Gasteiger partial charge is 0.495 e. The summed E-state index contributed by atoms with van der Waals surface area (Å²) in [6.07, 6.45) is 23.6. The zero-order valence-corrected chi connectivity index (χ0v) is 30.3. The second-order valence-corrected chi connectivity index (χ2v) is 13.7. The lowest BCUT2D eigenvalue weighted by Crippen LogP contribution is -2.38. The third-order valence-corrected chi connectivity index (χ3v) is 9.02. The van der Waals surface area contributed by atoms with Gasteiger partial charge in [-0.05, 0) is 92.9 Å². The Morgan fingerprint density at radius 2 is 1.83 bits per heavy atom. The lowest BCUT2D eigenvalue weighted by molar-refractivity contribution is 0.416. The van der Waals surface area contributed by atoms with Gasteiger partial charge in [0.05, 0.1) is 18.8 Å². The Hall–Kier alpha value is -3.86. The van der Waals surface area contributed by atoms with Crippen LogP contribution in [0.3, 0.4) is 0 Å². The smallest absolute Gasteiger partial charge is 0.141 e. The topological polar surface area (TPSA) is 71.3 Å². The molecule has 258 valence electrons. The summed E-state index contributed by atoms with van der Waals surface area (Å²) in [5.74, 6) is 2.56. The molecule has 0 saturated carbocycles. The number of hydrogen-bond donors (Lipinski definition) is 4. The lowest BCUT2D eigenvalue weighted by Gasteiger charge is -2.27. The van der Waals surface area contributed by atoms with Gasteiger partial charge in [-0.2, -0.15) is 0 Å². The van der Waals surface area contributed by atoms with Crippen LogP contribution >= 0.6 is 0 Å². The highest BCUT2D eigenvalue weighted by Crippen LogP contribution is 2.28. The quantitative estimate of drug-likeness (QED) is 0.0708. The van der Waals surface area contributed by atoms with Crippen LogP contribution in [0.4, 0.5) is 5.69 Å². The average Bonchev–Trinajstić information content (AvgIpc) is 3.32. The maximum Gasteiger partial charge on any atom is 0.141 e. The summed E-state index contributed by atoms with van der Waals surface area (Å²) in [6, 6.07) is 6.20. The van der Waals surface area contributed by atoms with Gasteiger partial charge in [0.1, 0.15) is 5.75 Å². The van der Waals surface area contributed by atoms with Crippen molar-refractivity contribution in [3.8, 4) is 5.75 Å². The molecular weight excluding hydrogens is 576 g/mol. The predicted octanol–water partition coefficient (Wildman–Crippen LogP) is 9.77. The van der Waals surface area contributed by atoms with Crippen LogP contribution in [0.1, 0.15) is 78.2 Å². The van der Waals surface area contributed by atoms with Gasteiger partial charge in [0.15, 0.2) is 0 Å². The van der Waals surface area contributed by atoms with Crippen molar-refractivity contribution in [2.24, 2.45) is 29.4 Å². The van der Waals surface area contributed by atoms with E-state index < -0.39 is 0 Å². The first-order valence-corrected chi connectivity index (χ1v) is 17.5. The monoisotopic (exact) mass is 641 g/mol. The summed E-state index contributed by atoms with van der Waals surface area (Å²) in [5.41, 5.74) is 13.5. The zero-order valence-electron chi connectivity index (χ0n) is 30.3. The average molecular weight is 641 g/mol. The Morgan fingerprint density at radius 1 is 1.06 bits per heavy atom. The molecule has 1 aromatic rings. The first-order valence-electron chi connectivity index (χ1n) is 17.5. The van der Waals surface area contributed by atoms with Crippen molar-refractivity contribution in [2.45, 2.75) is 85.1 Å². The standard InChI is InChI=1S/C42H64N4O/c1-30(2)25-39(35(7)43)26-32(4)33(5)29-45-36(8)40(27-38-23-24-42(47-10)41(28-38)44-9)46-34(6)18-16-15-17-31(3)21-22-37-19-13-11-12-14-20-37/h11-13,16,18-20,23-24,28,30-31,33,39-40,44-46H,4,6-8,14-15,17,21-22,25-27,29,43H2,1-3,5,9-10H3/b18-16+/t31?,33?,39?,40-/m1/s1. The van der Waals surface area contributed by atoms with Crippen molar-refractivity contribution in [3.63, 3.8) is 0 Å². The van der Waals surface area contributed by atoms with Crippen LogP contribution in [0, 0.1) is 23.7 Å². The number of benzene rings is 1. The third-order valence-electron chi connectivity index (χ3n) is 9.02. The highest BCUT2D eigenvalue weighted by Gasteiger charge is 2.19. The summed E-state index contributed by atoms with van der Waals surface area (Å²) in [5, 5.41) is 10.5. The molecule has 3 unspecified atom stereocenters. The van der Waals surface area contributed by atoms with Gasteiger partial charge in [-0.15, -0.1) is 0 Å². The van der Waals surface area contributed by atoms with Gasteiger partial charge in [-0.3, -0.25) is 0 Å². The fraction of sp³-hybridized carbons (Fsp3) is 0.476. The third kappa shape index (κ3) is 15.1. The summed E-state index contributed by atoms with van der Waals surface area (Å²) >= 11 is 0. The van der Waals surface area contributed by atoms with Gasteiger partial charge in [-0.25, -0.2) is 0 Å². The molecule has 0 aliphatic heterocycles. The van der Waals surface area contributed by atoms with Crippen LogP contribution in [0.15, 0.2) is 115 Å². The molecule has 5 N–H and O–H groups in total. The molecule has 0 aromatic heterocycles. The summed E-state index contributed by atoms with van der Waals surface area (Å²) in [6.45, 7) is 27.0. The van der Waals surface area contributed by atoms with E-state index in [-0.39, 0.29) is 17.9 Å². The minimum atomic E-state index is -0.0578. The minimum absolute atomic E-state index is 0.0578. The van der Waals surface area contributed by atoms with Crippen molar-refractivity contribution in [1.82, 2.24) is 10.6 Å². The molecule has 1 aliphatic carbocycles. The van der Waals surface area contributed by atoms with Gasteiger partial charge in [-0.1, -0.05) is 108 Å². The molecule has 2 rings (SSSR count). The van der Waals surface area contributed by atoms with E-state index in [9.17, 15) is 0 Å². The number of nitrogens with one attached hydrogen (secondary N) is 3. The molecule has 0 heterocycles. The number of hydrogen-bond acceptors (Lipinski definition) is 5. The van der Waals surface area contributed by atoms with Crippen molar-refractivity contribution in [2.75, 3.05) is 26.0 Å². The fourth-order valence-corrected chi connectivity index (χ4v) is 5.82. The van der Waals surface area contributed by atoms with E-state index in [4.69, 9.17) is 10.5 Å². The second-order valence-electron chi connectivity index (χ2n) is 13.7. The Balaban J connectivity index is 2.01. The van der Waals surface area contributed by atoms with E-state index in [1.165, 1.54) is 23.1 Å². The zero-order chi connectivity index (χ0) is 34.8. The van der Waals surface area contributed by atoms with Crippen molar-refractivity contribution in [1.29, 1.82) is 0 Å². The lowest BCUT2D eigenvalue weighted by atomic mass is 9.85. The van der Waals surface area contributed by atoms with Crippen LogP contribution in [-0.2, 0) is 6.42 Å². The first-order chi connectivity index (χ1) is 22.4. The minimum Gasteiger partial charge on any atom is -0.495 e. The van der Waals surface area contributed by atoms with Crippen molar-refractivity contribution >= 4 is 5.69 Å². The van der Waals surface area contributed by atoms with Gasteiger partial charge in [0, 0.05) is 36.6 Å². The molecule has 47 heavy (non-hydrogen) atoms. The van der Waals surface area contributed by atoms with Gasteiger partial charge in [0.2, 0.25) is 0 Å². The number of ether oxygens (including phenoxy) is 1. The second kappa shape index (κ2) is 21.1. The van der Waals surface area contributed by atoms with Crippen LogP contribution in [0.25, 0.3) is 0 Å². The summed E-state index contributed by atoms with van der Waals surface area (Å²) in [7, 11) is 3.60. The number of anilines is 1. The Bertz CT molecular complexity index is 1300. The highest BCUT2D eigenvalue weighted by atomic mass is 16.5. The van der Waals surface area contributed by atoms with Crippen LogP contribution in [0.2, 0.25) is 0 Å². The molecule has 0 bridgehead atoms. The van der Waals surface area contributed by atoms with E-state index in [1.807, 2.05) is 13.1 Å². The van der Waals surface area contributed by atoms with Crippen molar-refractivity contribution in [3.05, 3.63) is 121 Å². The molecule has 0 saturated heterocycles. The molecule has 0 amide bonds. The van der Waals surface area contributed by atoms with Crippen LogP contribution in [-0.4, -0.2) is 26.7 Å². The molecule has 5 nitrogen and oxygen atoms in total. The van der Waals surface area contributed by atoms with Crippen LogP contribution < -0.4 is 26.4 Å². The molecule has 5 heteroatoms. The number of rotatable bonds is 23. The molecule has 0 spiro atoms. The first kappa shape index (κ1) is 39.3. The highest BCUT2D eigenvalue weighted by molar-refractivity contribution is 5.58. The Labute approximate surface area is 287 Å². The molecule has 0 radical (unpaired) electrons. The number of nitrogens with two attached hydrogens (primary N) is 1. The fourth-order valence-electron chi connectivity index (χ4n) is 5.82. The van der Waals surface area contributed by atoms with Crippen molar-refractivity contribution < 1.29 is 4.74 Å². The van der Waals surface area contributed by atoms with E-state index in [2.05, 4.69) is 125 Å². The number of allylic oxidation sites excluding steroid dienone is 9. The molecule has 0 fully saturated rings. The van der Waals surface area contributed by atoms with E-state index in [0.717, 1.165) is 80.0 Å². The van der Waals surface area contributed by atoms with E-state index in [0.29, 0.717) is 11.8 Å². The molecule has 1 aromatic carbocycles. The van der Waals surface area contributed by atoms with Gasteiger partial charge >= 0.3 is 0 Å². The maximum absolute atomic E-state index is 6.15. The van der Waals surface area contributed by atoms with Gasteiger partial charge in [0.25, 0.3) is 0 Å². The van der Waals surface area contributed by atoms with E-state index >= 15 is 0 Å². The maximum atomic E-state index is 6.15. The SMILES string of the molecule is C=C(/C=C/CCC(C)CCC1=CCC=CC=C1)N[C@H](Cc1ccc(OC)c(NC)c1)C(=C)NCC(C)C(=C)CC(CC(C)C)C(=C)N. The normalized spacial score (nSPS) is 15.3. The number of methoxy groups -OCH3 is 1. The molecular formula is C42H64N4O.